The molecule has 0 fully saturated rings. The maximum absolute atomic E-state index is 13.4. The topological polar surface area (TPSA) is 140 Å². The number of ether oxygens (including phenoxy) is 1. The van der Waals surface area contributed by atoms with Gasteiger partial charge < -0.3 is 15.2 Å². The van der Waals surface area contributed by atoms with E-state index >= 15 is 0 Å². The summed E-state index contributed by atoms with van der Waals surface area (Å²) in [6, 6.07) is 15.5. The van der Waals surface area contributed by atoms with Crippen LogP contribution in [-0.4, -0.2) is 26.0 Å². The average Bonchev–Trinajstić information content (AvgIpc) is 2.86. The van der Waals surface area contributed by atoms with Gasteiger partial charge in [0.05, 0.1) is 22.8 Å². The number of hydrogen-bond donors (Lipinski definition) is 2. The van der Waals surface area contributed by atoms with Crippen molar-refractivity contribution in [3.05, 3.63) is 81.8 Å². The van der Waals surface area contributed by atoms with Gasteiger partial charge in [0, 0.05) is 16.6 Å². The number of benzene rings is 4. The van der Waals surface area contributed by atoms with Gasteiger partial charge in [-0.1, -0.05) is 60.1 Å². The zero-order chi connectivity index (χ0) is 27.6. The molecule has 0 atom stereocenters. The molecular weight excluding hydrogens is 576 g/mol. The number of anilines is 1. The van der Waals surface area contributed by atoms with Crippen LogP contribution in [0.2, 0.25) is 10.0 Å². The molecule has 0 aliphatic carbocycles. The molecule has 0 radical (unpaired) electrons. The summed E-state index contributed by atoms with van der Waals surface area (Å²) in [5.74, 6) is -1.04. The number of methoxy groups -OCH3 is 1. The van der Waals surface area contributed by atoms with Crippen molar-refractivity contribution >= 4 is 67.1 Å². The largest absolute Gasteiger partial charge is 1.00 e. The molecule has 4 aromatic carbocycles. The smallest absolute Gasteiger partial charge is 0.870 e. The summed E-state index contributed by atoms with van der Waals surface area (Å²) in [5.41, 5.74) is 0.304. The van der Waals surface area contributed by atoms with Crippen molar-refractivity contribution in [2.75, 3.05) is 12.4 Å². The number of rotatable bonds is 7. The van der Waals surface area contributed by atoms with Gasteiger partial charge in [0.1, 0.15) is 16.3 Å². The summed E-state index contributed by atoms with van der Waals surface area (Å²) in [6.07, 6.45) is 0.495. The molecule has 0 spiro atoms. The molecule has 0 bridgehead atoms. The van der Waals surface area contributed by atoms with Crippen LogP contribution in [0.1, 0.15) is 22.8 Å². The Morgan fingerprint density at radius 1 is 1.05 bits per heavy atom. The molecule has 0 saturated heterocycles. The zero-order valence-corrected chi connectivity index (χ0v) is 25.4. The van der Waals surface area contributed by atoms with E-state index in [1.54, 1.807) is 36.4 Å². The van der Waals surface area contributed by atoms with Crippen LogP contribution in [0.3, 0.4) is 0 Å². The molecule has 196 valence electrons. The van der Waals surface area contributed by atoms with Gasteiger partial charge >= 0.3 is 29.6 Å². The maximum atomic E-state index is 13.4. The van der Waals surface area contributed by atoms with Crippen LogP contribution in [0.4, 0.5) is 17.1 Å². The zero-order valence-electron chi connectivity index (χ0n) is 21.0. The summed E-state index contributed by atoms with van der Waals surface area (Å²) in [6.45, 7) is 1.82. The molecule has 13 heteroatoms. The van der Waals surface area contributed by atoms with E-state index in [2.05, 4.69) is 15.5 Å². The SMILES string of the molecule is CCc1cc(Cl)c(S(=O)(=O)O)c(N=Nc2c([O-])c(C(=O)Nc3ccc(OC)c(Cl)c3)cc3ccccc23)c1.[Na+]. The van der Waals surface area contributed by atoms with Crippen molar-refractivity contribution in [1.29, 1.82) is 0 Å². The number of nitrogens with zero attached hydrogens (tertiary/aromatic N) is 2. The minimum Gasteiger partial charge on any atom is -0.870 e. The molecule has 39 heavy (non-hydrogen) atoms. The number of halogens is 2. The number of nitrogens with one attached hydrogen (secondary N) is 1. The minimum absolute atomic E-state index is 0. The van der Waals surface area contributed by atoms with Gasteiger partial charge in [-0.25, -0.2) is 0 Å². The van der Waals surface area contributed by atoms with Crippen LogP contribution < -0.4 is 44.7 Å². The summed E-state index contributed by atoms with van der Waals surface area (Å²) in [5, 5.41) is 25.0. The first-order valence-electron chi connectivity index (χ1n) is 11.1. The Labute approximate surface area is 256 Å². The van der Waals surface area contributed by atoms with E-state index in [0.717, 1.165) is 0 Å². The molecule has 0 aliphatic heterocycles. The predicted octanol–water partition coefficient (Wildman–Crippen LogP) is 3.71. The number of aryl methyl sites for hydroxylation is 1. The fourth-order valence-electron chi connectivity index (χ4n) is 3.79. The molecule has 2 N–H and O–H groups in total. The van der Waals surface area contributed by atoms with Crippen molar-refractivity contribution in [1.82, 2.24) is 0 Å². The van der Waals surface area contributed by atoms with Crippen molar-refractivity contribution in [3.8, 4) is 11.5 Å². The van der Waals surface area contributed by atoms with Gasteiger partial charge in [-0.2, -0.15) is 13.5 Å². The van der Waals surface area contributed by atoms with Crippen LogP contribution in [0.5, 0.6) is 11.5 Å². The summed E-state index contributed by atoms with van der Waals surface area (Å²) < 4.78 is 38.8. The normalized spacial score (nSPS) is 11.4. The van der Waals surface area contributed by atoms with Crippen molar-refractivity contribution < 1.29 is 57.2 Å². The van der Waals surface area contributed by atoms with Gasteiger partial charge in [0.15, 0.2) is 0 Å². The van der Waals surface area contributed by atoms with Crippen molar-refractivity contribution in [2.45, 2.75) is 18.2 Å². The molecule has 4 aromatic rings. The number of fused-ring (bicyclic) bond motifs is 1. The molecule has 0 aromatic heterocycles. The Morgan fingerprint density at radius 3 is 2.41 bits per heavy atom. The van der Waals surface area contributed by atoms with E-state index in [-0.39, 0.29) is 56.5 Å². The number of amides is 1. The Morgan fingerprint density at radius 2 is 1.77 bits per heavy atom. The maximum Gasteiger partial charge on any atom is 1.00 e. The van der Waals surface area contributed by atoms with Crippen molar-refractivity contribution in [2.24, 2.45) is 10.2 Å². The molecule has 4 rings (SSSR count). The summed E-state index contributed by atoms with van der Waals surface area (Å²) in [4.78, 5) is 12.5. The third kappa shape index (κ3) is 6.72. The second kappa shape index (κ2) is 12.6. The van der Waals surface area contributed by atoms with Crippen LogP contribution >= 0.6 is 23.2 Å². The Kier molecular flexibility index (Phi) is 10.0. The van der Waals surface area contributed by atoms with E-state index in [9.17, 15) is 22.9 Å². The first kappa shape index (κ1) is 30.8. The minimum atomic E-state index is -4.76. The standard InChI is InChI=1S/C26H21Cl2N3O6S.Na/c1-3-14-10-20(28)25(38(34,35)36)21(11-14)30-31-23-17-7-5-4-6-15(17)12-18(24(23)32)26(33)29-16-8-9-22(37-2)19(27)13-16;/h4-13,32H,3H2,1-2H3,(H,29,33)(H,34,35,36);/q;+1/p-1. The molecule has 0 aliphatic rings. The van der Waals surface area contributed by atoms with E-state index in [1.165, 1.54) is 31.4 Å². The number of hydrogen-bond acceptors (Lipinski definition) is 7. The Hall–Kier alpha value is -2.70. The second-order valence-corrected chi connectivity index (χ2v) is 10.3. The van der Waals surface area contributed by atoms with Gasteiger partial charge in [-0.05, 0) is 53.8 Å². The first-order valence-corrected chi connectivity index (χ1v) is 13.3. The Bertz CT molecular complexity index is 1710. The molecule has 1 amide bonds. The molecule has 0 heterocycles. The monoisotopic (exact) mass is 595 g/mol. The molecular formula is C26H20Cl2N3NaO6S. The number of carbonyl (C=O) groups excluding carboxylic acids is 1. The van der Waals surface area contributed by atoms with E-state index in [4.69, 9.17) is 27.9 Å². The molecule has 9 nitrogen and oxygen atoms in total. The quantitative estimate of drug-likeness (QED) is 0.189. The number of carbonyl (C=O) groups is 1. The van der Waals surface area contributed by atoms with Gasteiger partial charge in [-0.3, -0.25) is 9.35 Å². The van der Waals surface area contributed by atoms with Crippen LogP contribution in [0.15, 0.2) is 75.8 Å². The second-order valence-electron chi connectivity index (χ2n) is 8.08. The van der Waals surface area contributed by atoms with E-state index in [0.29, 0.717) is 34.2 Å². The van der Waals surface area contributed by atoms with Crippen LogP contribution in [0, 0.1) is 0 Å². The van der Waals surface area contributed by atoms with E-state index in [1.807, 2.05) is 6.92 Å². The fraction of sp³-hybridized carbons (Fsp3) is 0.115. The van der Waals surface area contributed by atoms with Gasteiger partial charge in [-0.15, -0.1) is 5.11 Å². The van der Waals surface area contributed by atoms with Crippen LogP contribution in [0.25, 0.3) is 10.8 Å². The van der Waals surface area contributed by atoms with Crippen LogP contribution in [-0.2, 0) is 16.5 Å². The summed E-state index contributed by atoms with van der Waals surface area (Å²) >= 11 is 12.2. The first-order chi connectivity index (χ1) is 18.0. The van der Waals surface area contributed by atoms with Crippen molar-refractivity contribution in [3.63, 3.8) is 0 Å². The molecule has 0 saturated carbocycles. The van der Waals surface area contributed by atoms with Gasteiger partial charge in [0.25, 0.3) is 16.0 Å². The Balaban J connectivity index is 0.00000420. The molecule has 0 unspecified atom stereocenters. The average molecular weight is 596 g/mol. The predicted molar refractivity (Wildman–Crippen MR) is 144 cm³/mol. The van der Waals surface area contributed by atoms with E-state index < -0.39 is 26.7 Å². The third-order valence-corrected chi connectivity index (χ3v) is 7.29. The fourth-order valence-corrected chi connectivity index (χ4v) is 5.25. The number of azo groups is 1. The summed E-state index contributed by atoms with van der Waals surface area (Å²) in [7, 11) is -3.30. The third-order valence-electron chi connectivity index (χ3n) is 5.64. The van der Waals surface area contributed by atoms with Gasteiger partial charge in [0.2, 0.25) is 0 Å².